The van der Waals surface area contributed by atoms with Crippen molar-refractivity contribution < 1.29 is 0 Å². The van der Waals surface area contributed by atoms with Crippen LogP contribution in [-0.2, 0) is 13.1 Å². The fourth-order valence-electron chi connectivity index (χ4n) is 2.52. The lowest BCUT2D eigenvalue weighted by Gasteiger charge is -2.21. The first-order valence-electron chi connectivity index (χ1n) is 7.45. The van der Waals surface area contributed by atoms with Gasteiger partial charge < -0.3 is 15.2 Å². The van der Waals surface area contributed by atoms with E-state index in [1.165, 1.54) is 25.7 Å². The molecule has 0 unspecified atom stereocenters. The third-order valence-electron chi connectivity index (χ3n) is 3.78. The second kappa shape index (κ2) is 7.12. The number of aromatic nitrogens is 1. The number of nitrogens with two attached hydrogens (primary N) is 1. The summed E-state index contributed by atoms with van der Waals surface area (Å²) in [6, 6.07) is 3.71. The normalized spacial score (nSPS) is 17.1. The maximum absolute atomic E-state index is 12.1. The molecule has 2 N–H and O–H groups in total. The van der Waals surface area contributed by atoms with Crippen molar-refractivity contribution in [2.75, 3.05) is 13.1 Å². The van der Waals surface area contributed by atoms with E-state index in [4.69, 9.17) is 5.73 Å². The van der Waals surface area contributed by atoms with Gasteiger partial charge in [0.05, 0.1) is 6.54 Å². The number of rotatable bonds is 3. The molecule has 1 aromatic rings. The molecule has 0 saturated carbocycles. The molecule has 2 rings (SSSR count). The molecule has 5 nitrogen and oxygen atoms in total. The van der Waals surface area contributed by atoms with Crippen LogP contribution in [0.5, 0.6) is 0 Å². The largest absolute Gasteiger partial charge is 0.370 e. The first-order chi connectivity index (χ1) is 9.72. The molecular formula is C15H24N4O. The van der Waals surface area contributed by atoms with Crippen molar-refractivity contribution in [3.05, 3.63) is 34.2 Å². The van der Waals surface area contributed by atoms with E-state index in [0.717, 1.165) is 13.1 Å². The summed E-state index contributed by atoms with van der Waals surface area (Å²) in [5, 5.41) is 0. The number of hydrogen-bond acceptors (Lipinski definition) is 2. The minimum atomic E-state index is 0.0300. The Bertz CT molecular complexity index is 513. The number of hydrogen-bond donors (Lipinski definition) is 1. The number of guanidine groups is 1. The summed E-state index contributed by atoms with van der Waals surface area (Å²) in [5.74, 6) is 0.568. The summed E-state index contributed by atoms with van der Waals surface area (Å²) >= 11 is 0. The van der Waals surface area contributed by atoms with E-state index in [0.29, 0.717) is 24.6 Å². The Kier molecular flexibility index (Phi) is 5.21. The molecule has 2 heterocycles. The minimum absolute atomic E-state index is 0.0300. The zero-order valence-corrected chi connectivity index (χ0v) is 12.2. The van der Waals surface area contributed by atoms with Gasteiger partial charge in [-0.15, -0.1) is 0 Å². The Morgan fingerprint density at radius 2 is 2.00 bits per heavy atom. The number of nitrogens with zero attached hydrogens (tertiary/aromatic N) is 3. The molecule has 110 valence electrons. The Hall–Kier alpha value is -1.78. The fourth-order valence-corrected chi connectivity index (χ4v) is 2.52. The summed E-state index contributed by atoms with van der Waals surface area (Å²) < 4.78 is 1.69. The lowest BCUT2D eigenvalue weighted by atomic mass is 10.2. The van der Waals surface area contributed by atoms with Gasteiger partial charge in [-0.1, -0.05) is 18.9 Å². The molecular weight excluding hydrogens is 252 g/mol. The third kappa shape index (κ3) is 3.62. The molecule has 1 aliphatic heterocycles. The van der Waals surface area contributed by atoms with Gasteiger partial charge in [0, 0.05) is 31.4 Å². The van der Waals surface area contributed by atoms with E-state index >= 15 is 0 Å². The van der Waals surface area contributed by atoms with Crippen molar-refractivity contribution in [1.29, 1.82) is 0 Å². The van der Waals surface area contributed by atoms with Crippen LogP contribution in [0.15, 0.2) is 28.1 Å². The summed E-state index contributed by atoms with van der Waals surface area (Å²) in [6.07, 6.45) is 6.68. The first-order valence-corrected chi connectivity index (χ1v) is 7.45. The summed E-state index contributed by atoms with van der Waals surface area (Å²) in [7, 11) is 0. The van der Waals surface area contributed by atoms with Crippen LogP contribution in [0.25, 0.3) is 0 Å². The van der Waals surface area contributed by atoms with Crippen LogP contribution in [0, 0.1) is 0 Å². The van der Waals surface area contributed by atoms with Crippen LogP contribution >= 0.6 is 0 Å². The monoisotopic (exact) mass is 276 g/mol. The molecule has 0 aromatic carbocycles. The van der Waals surface area contributed by atoms with Gasteiger partial charge in [-0.25, -0.2) is 4.99 Å². The summed E-state index contributed by atoms with van der Waals surface area (Å²) in [5.41, 5.74) is 6.78. The van der Waals surface area contributed by atoms with Crippen LogP contribution < -0.4 is 11.3 Å². The highest BCUT2D eigenvalue weighted by atomic mass is 16.1. The molecule has 1 aromatic heterocycles. The topological polar surface area (TPSA) is 63.6 Å². The van der Waals surface area contributed by atoms with Gasteiger partial charge >= 0.3 is 0 Å². The van der Waals surface area contributed by atoms with Crippen molar-refractivity contribution in [1.82, 2.24) is 9.47 Å². The molecule has 0 spiro atoms. The highest BCUT2D eigenvalue weighted by molar-refractivity contribution is 5.78. The molecule has 0 aliphatic carbocycles. The number of pyridine rings is 1. The molecule has 0 amide bonds. The smallest absolute Gasteiger partial charge is 0.255 e. The Morgan fingerprint density at radius 3 is 2.65 bits per heavy atom. The van der Waals surface area contributed by atoms with Gasteiger partial charge in [0.25, 0.3) is 5.56 Å². The highest BCUT2D eigenvalue weighted by Crippen LogP contribution is 2.09. The van der Waals surface area contributed by atoms with E-state index < -0.39 is 0 Å². The van der Waals surface area contributed by atoms with Gasteiger partial charge in [0.2, 0.25) is 0 Å². The Morgan fingerprint density at radius 1 is 1.30 bits per heavy atom. The van der Waals surface area contributed by atoms with Gasteiger partial charge in [-0.05, 0) is 25.8 Å². The lowest BCUT2D eigenvalue weighted by molar-refractivity contribution is 0.428. The number of likely N-dealkylation sites (tertiary alicyclic amines) is 1. The maximum atomic E-state index is 12.1. The fraction of sp³-hybridized carbons (Fsp3) is 0.600. The first kappa shape index (κ1) is 14.6. The second-order valence-electron chi connectivity index (χ2n) is 5.20. The zero-order valence-electron chi connectivity index (χ0n) is 12.2. The number of aryl methyl sites for hydroxylation is 1. The van der Waals surface area contributed by atoms with E-state index in [2.05, 4.69) is 9.89 Å². The molecule has 5 heteroatoms. The lowest BCUT2D eigenvalue weighted by Crippen LogP contribution is -2.38. The Balaban J connectivity index is 2.06. The minimum Gasteiger partial charge on any atom is -0.370 e. The van der Waals surface area contributed by atoms with E-state index in [9.17, 15) is 4.79 Å². The zero-order chi connectivity index (χ0) is 14.4. The molecule has 0 radical (unpaired) electrons. The molecule has 20 heavy (non-hydrogen) atoms. The van der Waals surface area contributed by atoms with Crippen LogP contribution in [0.4, 0.5) is 0 Å². The predicted molar refractivity (Wildman–Crippen MR) is 81.7 cm³/mol. The van der Waals surface area contributed by atoms with E-state index in [1.54, 1.807) is 10.8 Å². The maximum Gasteiger partial charge on any atom is 0.255 e. The van der Waals surface area contributed by atoms with Crippen molar-refractivity contribution in [2.24, 2.45) is 10.7 Å². The van der Waals surface area contributed by atoms with Gasteiger partial charge in [-0.2, -0.15) is 0 Å². The highest BCUT2D eigenvalue weighted by Gasteiger charge is 2.11. The van der Waals surface area contributed by atoms with Gasteiger partial charge in [-0.3, -0.25) is 4.79 Å². The molecule has 0 atom stereocenters. The van der Waals surface area contributed by atoms with Crippen LogP contribution in [0.2, 0.25) is 0 Å². The third-order valence-corrected chi connectivity index (χ3v) is 3.78. The average molecular weight is 276 g/mol. The van der Waals surface area contributed by atoms with Gasteiger partial charge in [0.1, 0.15) is 0 Å². The molecule has 1 fully saturated rings. The van der Waals surface area contributed by atoms with Crippen LogP contribution in [-0.4, -0.2) is 28.5 Å². The quantitative estimate of drug-likeness (QED) is 0.673. The standard InChI is InChI=1S/C15H24N4O/c1-2-18-11-7-8-13(14(18)20)12-17-15(16)19-9-5-3-4-6-10-19/h7-8,11H,2-6,9-10,12H2,1H3,(H2,16,17). The van der Waals surface area contributed by atoms with Crippen molar-refractivity contribution in [3.63, 3.8) is 0 Å². The molecule has 0 bridgehead atoms. The summed E-state index contributed by atoms with van der Waals surface area (Å²) in [4.78, 5) is 18.6. The van der Waals surface area contributed by atoms with E-state index in [1.807, 2.05) is 19.1 Å². The molecule has 1 aliphatic rings. The molecule has 1 saturated heterocycles. The SMILES string of the molecule is CCn1cccc(CN=C(N)N2CCCCCC2)c1=O. The van der Waals surface area contributed by atoms with Crippen LogP contribution in [0.3, 0.4) is 0 Å². The predicted octanol–water partition coefficient (Wildman–Crippen LogP) is 1.56. The Labute approximate surface area is 120 Å². The van der Waals surface area contributed by atoms with Crippen molar-refractivity contribution in [2.45, 2.75) is 45.7 Å². The van der Waals surface area contributed by atoms with Crippen LogP contribution in [0.1, 0.15) is 38.2 Å². The number of aliphatic imine (C=N–C) groups is 1. The second-order valence-corrected chi connectivity index (χ2v) is 5.20. The summed E-state index contributed by atoms with van der Waals surface area (Å²) in [6.45, 7) is 4.95. The van der Waals surface area contributed by atoms with E-state index in [-0.39, 0.29) is 5.56 Å². The van der Waals surface area contributed by atoms with Crippen molar-refractivity contribution in [3.8, 4) is 0 Å². The average Bonchev–Trinajstić information content (AvgIpc) is 2.75. The van der Waals surface area contributed by atoms with Gasteiger partial charge in [0.15, 0.2) is 5.96 Å². The van der Waals surface area contributed by atoms with Crippen molar-refractivity contribution >= 4 is 5.96 Å².